The van der Waals surface area contributed by atoms with E-state index in [1.54, 1.807) is 6.07 Å². The van der Waals surface area contributed by atoms with Crippen LogP contribution in [-0.2, 0) is 22.6 Å². The molecule has 29 heavy (non-hydrogen) atoms. The predicted molar refractivity (Wildman–Crippen MR) is 106 cm³/mol. The predicted octanol–water partition coefficient (Wildman–Crippen LogP) is 2.57. The molecule has 1 fully saturated rings. The van der Waals surface area contributed by atoms with Gasteiger partial charge in [-0.25, -0.2) is 4.39 Å². The van der Waals surface area contributed by atoms with Crippen LogP contribution < -0.4 is 5.32 Å². The summed E-state index contributed by atoms with van der Waals surface area (Å²) in [6, 6.07) is 8.15. The third-order valence-electron chi connectivity index (χ3n) is 5.82. The molecule has 1 aromatic carbocycles. The number of hydrogen-bond donors (Lipinski definition) is 2. The third-order valence-corrected chi connectivity index (χ3v) is 5.82. The van der Waals surface area contributed by atoms with Crippen LogP contribution >= 0.6 is 0 Å². The summed E-state index contributed by atoms with van der Waals surface area (Å²) in [5.41, 5.74) is 4.04. The molecule has 0 bridgehead atoms. The Morgan fingerprint density at radius 1 is 1.21 bits per heavy atom. The lowest BCUT2D eigenvalue weighted by Crippen LogP contribution is -2.37. The number of piperidine rings is 1. The van der Waals surface area contributed by atoms with Gasteiger partial charge in [0.15, 0.2) is 0 Å². The molecule has 0 atom stereocenters. The van der Waals surface area contributed by atoms with Crippen LogP contribution in [0.15, 0.2) is 30.3 Å². The minimum absolute atomic E-state index is 0.167. The lowest BCUT2D eigenvalue weighted by molar-refractivity contribution is -0.110. The summed E-state index contributed by atoms with van der Waals surface area (Å²) in [5.74, 6) is -0.217. The van der Waals surface area contributed by atoms with Crippen molar-refractivity contribution in [3.63, 3.8) is 0 Å². The summed E-state index contributed by atoms with van der Waals surface area (Å²) in [5, 5.41) is 12.4. The summed E-state index contributed by atoms with van der Waals surface area (Å²) in [4.78, 5) is 19.6. The number of benzene rings is 1. The molecule has 1 saturated heterocycles. The van der Waals surface area contributed by atoms with E-state index in [0.29, 0.717) is 29.2 Å². The van der Waals surface area contributed by atoms with Crippen molar-refractivity contribution in [3.8, 4) is 0 Å². The number of carbonyl (C=O) groups is 1. The normalized spacial score (nSPS) is 21.7. The highest BCUT2D eigenvalue weighted by atomic mass is 19.1. The first-order chi connectivity index (χ1) is 14.1. The average molecular weight is 395 g/mol. The van der Waals surface area contributed by atoms with Gasteiger partial charge in [-0.3, -0.25) is 9.78 Å². The molecule has 150 valence electrons. The molecule has 3 aliphatic rings. The Kier molecular flexibility index (Phi) is 4.56. The van der Waals surface area contributed by atoms with Crippen molar-refractivity contribution in [1.82, 2.24) is 9.88 Å². The number of aliphatic hydroxyl groups excluding tert-OH is 1. The van der Waals surface area contributed by atoms with Crippen LogP contribution in [0.1, 0.15) is 35.4 Å². The molecule has 4 heterocycles. The molecule has 2 aromatic rings. The van der Waals surface area contributed by atoms with E-state index in [9.17, 15) is 14.3 Å². The summed E-state index contributed by atoms with van der Waals surface area (Å²) in [7, 11) is 0. The lowest BCUT2D eigenvalue weighted by atomic mass is 10.0. The highest BCUT2D eigenvalue weighted by Crippen LogP contribution is 2.41. The second-order valence-electron chi connectivity index (χ2n) is 7.76. The molecule has 3 aliphatic heterocycles. The molecule has 2 N–H and O–H groups in total. The molecule has 5 rings (SSSR count). The van der Waals surface area contributed by atoms with Gasteiger partial charge >= 0.3 is 0 Å². The average Bonchev–Trinajstić information content (AvgIpc) is 3.26. The molecule has 0 spiro atoms. The van der Waals surface area contributed by atoms with Crippen LogP contribution in [0.25, 0.3) is 11.3 Å². The van der Waals surface area contributed by atoms with Gasteiger partial charge in [0, 0.05) is 48.6 Å². The highest BCUT2D eigenvalue weighted by molar-refractivity contribution is 6.36. The minimum Gasteiger partial charge on any atom is -0.486 e. The van der Waals surface area contributed by atoms with Crippen molar-refractivity contribution in [2.45, 2.75) is 32.0 Å². The van der Waals surface area contributed by atoms with E-state index >= 15 is 0 Å². The maximum Gasteiger partial charge on any atom is 0.260 e. The Bertz CT molecular complexity index is 1010. The number of halogens is 1. The number of likely N-dealkylation sites (tertiary alicyclic amines) is 1. The zero-order valence-corrected chi connectivity index (χ0v) is 15.9. The number of carbonyl (C=O) groups excluding carboxylic acids is 1. The molecule has 0 unspecified atom stereocenters. The number of nitrogens with one attached hydrogen (secondary N) is 1. The summed E-state index contributed by atoms with van der Waals surface area (Å²) < 4.78 is 19.6. The quantitative estimate of drug-likeness (QED) is 0.782. The van der Waals surface area contributed by atoms with Gasteiger partial charge in [0.2, 0.25) is 0 Å². The fourth-order valence-corrected chi connectivity index (χ4v) is 4.21. The number of fused-ring (bicyclic) bond motifs is 2. The number of pyridine rings is 1. The number of amides is 1. The van der Waals surface area contributed by atoms with Crippen LogP contribution in [-0.4, -0.2) is 46.6 Å². The van der Waals surface area contributed by atoms with Crippen molar-refractivity contribution in [3.05, 3.63) is 58.7 Å². The Hall–Kier alpha value is -2.77. The van der Waals surface area contributed by atoms with E-state index in [2.05, 4.69) is 10.2 Å². The molecular formula is C22H22FN3O3. The van der Waals surface area contributed by atoms with Crippen molar-refractivity contribution < 1.29 is 19.0 Å². The Balaban J connectivity index is 1.38. The molecule has 1 amide bonds. The van der Waals surface area contributed by atoms with E-state index in [1.807, 2.05) is 12.1 Å². The fourth-order valence-electron chi connectivity index (χ4n) is 4.21. The number of aromatic nitrogens is 1. The van der Waals surface area contributed by atoms with E-state index in [0.717, 1.165) is 55.8 Å². The van der Waals surface area contributed by atoms with Crippen LogP contribution in [0, 0.1) is 5.82 Å². The first-order valence-electron chi connectivity index (χ1n) is 9.96. The van der Waals surface area contributed by atoms with Crippen LogP contribution in [0.4, 0.5) is 10.1 Å². The van der Waals surface area contributed by atoms with Gasteiger partial charge < -0.3 is 20.1 Å². The Morgan fingerprint density at radius 2 is 2.03 bits per heavy atom. The second kappa shape index (κ2) is 7.24. The molecule has 7 heteroatoms. The number of hydrogen-bond acceptors (Lipinski definition) is 5. The SMILES string of the molecule is O=C1Nc2ccc(F)cc2C1=C1OCc2nc(CCN3CCC(O)CC3)ccc21. The number of rotatable bonds is 3. The Labute approximate surface area is 168 Å². The standard InChI is InChI=1S/C22H22FN3O3/c23-13-1-4-18-17(11-13)20(22(28)25-18)21-16-3-2-14(24-19(16)12-29-21)5-8-26-9-6-15(27)7-10-26/h1-4,11,15,27H,5-10,12H2,(H,25,28). The molecule has 0 aliphatic carbocycles. The van der Waals surface area contributed by atoms with Gasteiger partial charge in [-0.2, -0.15) is 0 Å². The largest absolute Gasteiger partial charge is 0.486 e. The third kappa shape index (κ3) is 3.41. The minimum atomic E-state index is -0.393. The summed E-state index contributed by atoms with van der Waals surface area (Å²) in [6.45, 7) is 3.03. The molecule has 6 nitrogen and oxygen atoms in total. The van der Waals surface area contributed by atoms with Crippen molar-refractivity contribution in [2.24, 2.45) is 0 Å². The van der Waals surface area contributed by atoms with Gasteiger partial charge in [-0.15, -0.1) is 0 Å². The Morgan fingerprint density at radius 3 is 2.86 bits per heavy atom. The summed E-state index contributed by atoms with van der Waals surface area (Å²) in [6.07, 6.45) is 2.31. The van der Waals surface area contributed by atoms with E-state index in [4.69, 9.17) is 9.72 Å². The maximum absolute atomic E-state index is 13.7. The van der Waals surface area contributed by atoms with Gasteiger partial charge in [-0.1, -0.05) is 0 Å². The zero-order valence-electron chi connectivity index (χ0n) is 15.9. The van der Waals surface area contributed by atoms with E-state index < -0.39 is 5.82 Å². The van der Waals surface area contributed by atoms with Gasteiger partial charge in [0.1, 0.15) is 18.2 Å². The molecular weight excluding hydrogens is 373 g/mol. The highest BCUT2D eigenvalue weighted by Gasteiger charge is 2.33. The van der Waals surface area contributed by atoms with E-state index in [-0.39, 0.29) is 12.0 Å². The fraction of sp³-hybridized carbons (Fsp3) is 0.364. The molecule has 0 saturated carbocycles. The van der Waals surface area contributed by atoms with Gasteiger partial charge in [0.05, 0.1) is 17.4 Å². The van der Waals surface area contributed by atoms with Crippen molar-refractivity contribution in [2.75, 3.05) is 25.0 Å². The molecule has 0 radical (unpaired) electrons. The number of nitrogens with zero attached hydrogens (tertiary/aromatic N) is 2. The summed E-state index contributed by atoms with van der Waals surface area (Å²) >= 11 is 0. The van der Waals surface area contributed by atoms with Crippen molar-refractivity contribution in [1.29, 1.82) is 0 Å². The van der Waals surface area contributed by atoms with Crippen LogP contribution in [0.2, 0.25) is 0 Å². The number of ether oxygens (including phenoxy) is 1. The first-order valence-corrected chi connectivity index (χ1v) is 9.96. The van der Waals surface area contributed by atoms with Gasteiger partial charge in [0.25, 0.3) is 5.91 Å². The first kappa shape index (κ1) is 18.3. The zero-order chi connectivity index (χ0) is 20.0. The number of aliphatic hydroxyl groups is 1. The lowest BCUT2D eigenvalue weighted by Gasteiger charge is -2.29. The maximum atomic E-state index is 13.7. The number of anilines is 1. The van der Waals surface area contributed by atoms with Crippen LogP contribution in [0.3, 0.4) is 0 Å². The van der Waals surface area contributed by atoms with Gasteiger partial charge in [-0.05, 0) is 43.2 Å². The van der Waals surface area contributed by atoms with Crippen LogP contribution in [0.5, 0.6) is 0 Å². The molecule has 1 aromatic heterocycles. The topological polar surface area (TPSA) is 74.7 Å². The van der Waals surface area contributed by atoms with E-state index in [1.165, 1.54) is 12.1 Å². The second-order valence-corrected chi connectivity index (χ2v) is 7.76. The smallest absolute Gasteiger partial charge is 0.260 e. The van der Waals surface area contributed by atoms with Crippen molar-refractivity contribution >= 4 is 22.9 Å². The monoisotopic (exact) mass is 395 g/mol.